The van der Waals surface area contributed by atoms with Gasteiger partial charge >= 0.3 is 6.18 Å². The molecule has 1 N–H and O–H groups in total. The Balaban J connectivity index is 2.34. The molecule has 1 fully saturated rings. The van der Waals surface area contributed by atoms with Crippen LogP contribution in [0.3, 0.4) is 0 Å². The van der Waals surface area contributed by atoms with Crippen LogP contribution in [-0.2, 0) is 6.18 Å². The topological polar surface area (TPSA) is 41.0 Å². The average Bonchev–Trinajstić information content (AvgIpc) is 2.75. The number of halogens is 3. The monoisotopic (exact) mass is 274 g/mol. The van der Waals surface area contributed by atoms with Crippen LogP contribution in [0.25, 0.3) is 0 Å². The summed E-state index contributed by atoms with van der Waals surface area (Å²) in [6, 6.07) is 1.58. The van der Waals surface area contributed by atoms with Gasteiger partial charge in [-0.3, -0.25) is 0 Å². The van der Waals surface area contributed by atoms with Crippen LogP contribution in [0.15, 0.2) is 6.07 Å². The van der Waals surface area contributed by atoms with Crippen LogP contribution in [0.5, 0.6) is 0 Å². The van der Waals surface area contributed by atoms with Crippen LogP contribution in [0.2, 0.25) is 0 Å². The van der Waals surface area contributed by atoms with Crippen LogP contribution in [0.1, 0.15) is 26.1 Å². The maximum Gasteiger partial charge on any atom is 0.451 e. The average molecular weight is 274 g/mol. The van der Waals surface area contributed by atoms with Crippen molar-refractivity contribution in [3.05, 3.63) is 11.9 Å². The van der Waals surface area contributed by atoms with Crippen molar-refractivity contribution in [3.63, 3.8) is 0 Å². The Labute approximate surface area is 110 Å². The SMILES string of the molecule is CCNc1cc(N2CCC(C)C2)nc(C(F)(F)F)n1. The summed E-state index contributed by atoms with van der Waals surface area (Å²) in [6.07, 6.45) is -3.55. The predicted octanol–water partition coefficient (Wildman–Crippen LogP) is 2.77. The highest BCUT2D eigenvalue weighted by Crippen LogP contribution is 2.30. The molecule has 0 spiro atoms. The highest BCUT2D eigenvalue weighted by atomic mass is 19.4. The highest BCUT2D eigenvalue weighted by molar-refractivity contribution is 5.50. The first-order valence-corrected chi connectivity index (χ1v) is 6.35. The van der Waals surface area contributed by atoms with E-state index in [2.05, 4.69) is 22.2 Å². The van der Waals surface area contributed by atoms with E-state index >= 15 is 0 Å². The van der Waals surface area contributed by atoms with Gasteiger partial charge in [-0.2, -0.15) is 13.2 Å². The number of nitrogens with one attached hydrogen (secondary N) is 1. The summed E-state index contributed by atoms with van der Waals surface area (Å²) in [5.74, 6) is -0.0330. The highest BCUT2D eigenvalue weighted by Gasteiger charge is 2.36. The van der Waals surface area contributed by atoms with Gasteiger partial charge in [-0.25, -0.2) is 9.97 Å². The fourth-order valence-electron chi connectivity index (χ4n) is 2.14. The van der Waals surface area contributed by atoms with Gasteiger partial charge in [-0.05, 0) is 19.3 Å². The summed E-state index contributed by atoms with van der Waals surface area (Å²) in [4.78, 5) is 9.04. The van der Waals surface area contributed by atoms with Crippen molar-refractivity contribution in [3.8, 4) is 0 Å². The Morgan fingerprint density at radius 1 is 1.42 bits per heavy atom. The molecule has 0 amide bonds. The van der Waals surface area contributed by atoms with Crippen molar-refractivity contribution < 1.29 is 13.2 Å². The van der Waals surface area contributed by atoms with E-state index in [0.717, 1.165) is 19.5 Å². The van der Waals surface area contributed by atoms with E-state index in [4.69, 9.17) is 0 Å². The molecule has 2 rings (SSSR count). The molecule has 1 aromatic rings. The molecule has 19 heavy (non-hydrogen) atoms. The van der Waals surface area contributed by atoms with E-state index in [-0.39, 0.29) is 5.82 Å². The molecule has 0 radical (unpaired) electrons. The van der Waals surface area contributed by atoms with E-state index in [1.807, 2.05) is 11.8 Å². The third-order valence-corrected chi connectivity index (χ3v) is 3.07. The van der Waals surface area contributed by atoms with Crippen LogP contribution < -0.4 is 10.2 Å². The summed E-state index contributed by atoms with van der Waals surface area (Å²) in [6.45, 7) is 5.88. The number of nitrogens with zero attached hydrogens (tertiary/aromatic N) is 3. The van der Waals surface area contributed by atoms with Crippen molar-refractivity contribution in [2.75, 3.05) is 29.9 Å². The lowest BCUT2D eigenvalue weighted by Crippen LogP contribution is -2.23. The quantitative estimate of drug-likeness (QED) is 0.920. The van der Waals surface area contributed by atoms with Crippen LogP contribution >= 0.6 is 0 Å². The molecule has 0 aliphatic carbocycles. The minimum atomic E-state index is -4.52. The number of rotatable bonds is 3. The maximum atomic E-state index is 12.8. The van der Waals surface area contributed by atoms with E-state index in [0.29, 0.717) is 18.3 Å². The zero-order valence-electron chi connectivity index (χ0n) is 11.0. The molecule has 4 nitrogen and oxygen atoms in total. The molecule has 7 heteroatoms. The van der Waals surface area contributed by atoms with E-state index in [1.54, 1.807) is 6.07 Å². The van der Waals surface area contributed by atoms with Crippen LogP contribution in [-0.4, -0.2) is 29.6 Å². The lowest BCUT2D eigenvalue weighted by Gasteiger charge is -2.19. The van der Waals surface area contributed by atoms with Gasteiger partial charge in [0.2, 0.25) is 5.82 Å². The fraction of sp³-hybridized carbons (Fsp3) is 0.667. The molecule has 1 aliphatic heterocycles. The molecule has 2 heterocycles. The summed E-state index contributed by atoms with van der Waals surface area (Å²) < 4.78 is 38.3. The van der Waals surface area contributed by atoms with Gasteiger partial charge in [-0.1, -0.05) is 6.92 Å². The summed E-state index contributed by atoms with van der Waals surface area (Å²) in [5, 5.41) is 2.82. The maximum absolute atomic E-state index is 12.8. The molecule has 0 saturated carbocycles. The minimum absolute atomic E-state index is 0.222. The zero-order chi connectivity index (χ0) is 14.0. The molecular weight excluding hydrogens is 257 g/mol. The molecule has 106 valence electrons. The molecular formula is C12H17F3N4. The van der Waals surface area contributed by atoms with Gasteiger partial charge in [-0.15, -0.1) is 0 Å². The van der Waals surface area contributed by atoms with Gasteiger partial charge in [0.25, 0.3) is 0 Å². The molecule has 0 bridgehead atoms. The summed E-state index contributed by atoms with van der Waals surface area (Å²) in [7, 11) is 0. The third-order valence-electron chi connectivity index (χ3n) is 3.07. The second-order valence-corrected chi connectivity index (χ2v) is 4.80. The number of anilines is 2. The lowest BCUT2D eigenvalue weighted by molar-refractivity contribution is -0.144. The molecule has 1 saturated heterocycles. The molecule has 1 aliphatic rings. The number of aromatic nitrogens is 2. The number of hydrogen-bond donors (Lipinski definition) is 1. The summed E-state index contributed by atoms with van der Waals surface area (Å²) in [5.41, 5.74) is 0. The van der Waals surface area contributed by atoms with Crippen LogP contribution in [0, 0.1) is 5.92 Å². The first kappa shape index (κ1) is 13.9. The van der Waals surface area contributed by atoms with Crippen molar-refractivity contribution in [2.45, 2.75) is 26.4 Å². The fourth-order valence-corrected chi connectivity index (χ4v) is 2.14. The Morgan fingerprint density at radius 2 is 2.16 bits per heavy atom. The molecule has 1 aromatic heterocycles. The first-order chi connectivity index (χ1) is 8.90. The Hall–Kier alpha value is -1.53. The Bertz CT molecular complexity index is 447. The Kier molecular flexibility index (Phi) is 3.82. The Morgan fingerprint density at radius 3 is 2.68 bits per heavy atom. The molecule has 0 aromatic carbocycles. The zero-order valence-corrected chi connectivity index (χ0v) is 11.0. The summed E-state index contributed by atoms with van der Waals surface area (Å²) >= 11 is 0. The second-order valence-electron chi connectivity index (χ2n) is 4.80. The molecule has 1 atom stereocenters. The van der Waals surface area contributed by atoms with Crippen molar-refractivity contribution in [1.82, 2.24) is 9.97 Å². The smallest absolute Gasteiger partial charge is 0.370 e. The van der Waals surface area contributed by atoms with E-state index in [9.17, 15) is 13.2 Å². The second kappa shape index (κ2) is 5.22. The van der Waals surface area contributed by atoms with Gasteiger partial charge in [0, 0.05) is 25.7 Å². The van der Waals surface area contributed by atoms with Crippen molar-refractivity contribution in [2.24, 2.45) is 5.92 Å². The minimum Gasteiger partial charge on any atom is -0.370 e. The van der Waals surface area contributed by atoms with Crippen molar-refractivity contribution >= 4 is 11.6 Å². The van der Waals surface area contributed by atoms with Crippen molar-refractivity contribution in [1.29, 1.82) is 0 Å². The van der Waals surface area contributed by atoms with Gasteiger partial charge < -0.3 is 10.2 Å². The van der Waals surface area contributed by atoms with Crippen LogP contribution in [0.4, 0.5) is 24.8 Å². The first-order valence-electron chi connectivity index (χ1n) is 6.35. The van der Waals surface area contributed by atoms with Gasteiger partial charge in [0.05, 0.1) is 0 Å². The molecule has 1 unspecified atom stereocenters. The normalized spacial score (nSPS) is 19.8. The largest absolute Gasteiger partial charge is 0.451 e. The lowest BCUT2D eigenvalue weighted by atomic mass is 10.2. The number of alkyl halides is 3. The standard InChI is InChI=1S/C12H17F3N4/c1-3-16-9-6-10(19-5-4-8(2)7-19)18-11(17-9)12(13,14)15/h6,8H,3-5,7H2,1-2H3,(H,16,17,18). The van der Waals surface area contributed by atoms with Gasteiger partial charge in [0.15, 0.2) is 0 Å². The number of hydrogen-bond acceptors (Lipinski definition) is 4. The van der Waals surface area contributed by atoms with E-state index in [1.165, 1.54) is 0 Å². The van der Waals surface area contributed by atoms with Gasteiger partial charge in [0.1, 0.15) is 11.6 Å². The predicted molar refractivity (Wildman–Crippen MR) is 67.2 cm³/mol. The van der Waals surface area contributed by atoms with E-state index < -0.39 is 12.0 Å². The third kappa shape index (κ3) is 3.27.